The molecule has 0 saturated carbocycles. The van der Waals surface area contributed by atoms with Gasteiger partial charge in [0.2, 0.25) is 0 Å². The van der Waals surface area contributed by atoms with Crippen LogP contribution in [0.1, 0.15) is 74.9 Å². The fraction of sp³-hybridized carbons (Fsp3) is 0.385. The molecule has 0 bridgehead atoms. The van der Waals surface area contributed by atoms with Crippen LogP contribution in [0.2, 0.25) is 0 Å². The lowest BCUT2D eigenvalue weighted by Gasteiger charge is -2.34. The first kappa shape index (κ1) is 32.0. The van der Waals surface area contributed by atoms with E-state index in [4.69, 9.17) is 14.2 Å². The number of benzene rings is 4. The third-order valence-corrected chi connectivity index (χ3v) is 7.76. The van der Waals surface area contributed by atoms with Gasteiger partial charge in [0.1, 0.15) is 39.8 Å². The van der Waals surface area contributed by atoms with Gasteiger partial charge >= 0.3 is 0 Å². The standard InChI is InChI=1S/C39H48O4/c1-27-16-10-13-19-34(27)41-37(4,5)24-30-22-23-33(40)32(26-39(8,9)43-36-21-15-12-18-29(36)3)31(30)25-38(6,7)42-35-20-14-11-17-28(35)2/h10-23,40H,24-26H2,1-9H3. The third-order valence-electron chi connectivity index (χ3n) is 7.76. The van der Waals surface area contributed by atoms with E-state index in [1.54, 1.807) is 0 Å². The average molecular weight is 581 g/mol. The van der Waals surface area contributed by atoms with Crippen molar-refractivity contribution in [2.45, 2.75) is 98.4 Å². The summed E-state index contributed by atoms with van der Waals surface area (Å²) in [6, 6.07) is 28.1. The lowest BCUT2D eigenvalue weighted by molar-refractivity contribution is 0.0983. The molecule has 0 fully saturated rings. The summed E-state index contributed by atoms with van der Waals surface area (Å²) in [6.45, 7) is 18.8. The summed E-state index contributed by atoms with van der Waals surface area (Å²) in [5, 5.41) is 11.4. The molecule has 1 N–H and O–H groups in total. The summed E-state index contributed by atoms with van der Waals surface area (Å²) in [4.78, 5) is 0. The smallest absolute Gasteiger partial charge is 0.123 e. The first-order valence-corrected chi connectivity index (χ1v) is 15.2. The monoisotopic (exact) mass is 580 g/mol. The predicted octanol–water partition coefficient (Wildman–Crippen LogP) is 9.52. The Morgan fingerprint density at radius 3 is 1.21 bits per heavy atom. The highest BCUT2D eigenvalue weighted by Crippen LogP contribution is 2.37. The largest absolute Gasteiger partial charge is 0.508 e. The molecule has 4 heteroatoms. The van der Waals surface area contributed by atoms with Crippen molar-refractivity contribution in [2.75, 3.05) is 0 Å². The Morgan fingerprint density at radius 1 is 0.465 bits per heavy atom. The number of hydrogen-bond donors (Lipinski definition) is 1. The van der Waals surface area contributed by atoms with Crippen molar-refractivity contribution in [1.82, 2.24) is 0 Å². The van der Waals surface area contributed by atoms with E-state index in [-0.39, 0.29) is 5.75 Å². The zero-order valence-corrected chi connectivity index (χ0v) is 27.4. The van der Waals surface area contributed by atoms with Crippen molar-refractivity contribution in [2.24, 2.45) is 0 Å². The Kier molecular flexibility index (Phi) is 9.49. The summed E-state index contributed by atoms with van der Waals surface area (Å²) < 4.78 is 19.8. The quantitative estimate of drug-likeness (QED) is 0.181. The third kappa shape index (κ3) is 8.56. The molecule has 0 unspecified atom stereocenters. The zero-order valence-electron chi connectivity index (χ0n) is 27.4. The number of hydrogen-bond acceptors (Lipinski definition) is 4. The van der Waals surface area contributed by atoms with Gasteiger partial charge in [0.25, 0.3) is 0 Å². The van der Waals surface area contributed by atoms with Gasteiger partial charge in [-0.05, 0) is 114 Å². The summed E-state index contributed by atoms with van der Waals surface area (Å²) >= 11 is 0. The molecule has 0 saturated heterocycles. The second kappa shape index (κ2) is 12.8. The highest BCUT2D eigenvalue weighted by atomic mass is 16.5. The van der Waals surface area contributed by atoms with Gasteiger partial charge in [-0.15, -0.1) is 0 Å². The van der Waals surface area contributed by atoms with Gasteiger partial charge in [-0.2, -0.15) is 0 Å². The van der Waals surface area contributed by atoms with E-state index in [9.17, 15) is 5.11 Å². The van der Waals surface area contributed by atoms with Gasteiger partial charge in [-0.1, -0.05) is 60.7 Å². The molecule has 4 aromatic carbocycles. The minimum absolute atomic E-state index is 0.268. The minimum atomic E-state index is -0.578. The van der Waals surface area contributed by atoms with Crippen LogP contribution in [0, 0.1) is 20.8 Å². The SMILES string of the molecule is Cc1ccccc1OC(C)(C)Cc1ccc(O)c(CC(C)(C)Oc2ccccc2C)c1CC(C)(C)Oc1ccccc1C. The molecule has 0 aliphatic heterocycles. The van der Waals surface area contributed by atoms with Crippen LogP contribution in [0.15, 0.2) is 84.9 Å². The van der Waals surface area contributed by atoms with Crippen LogP contribution in [0.4, 0.5) is 0 Å². The second-order valence-electron chi connectivity index (χ2n) is 13.6. The highest BCUT2D eigenvalue weighted by molar-refractivity contribution is 5.47. The average Bonchev–Trinajstić information content (AvgIpc) is 2.91. The second-order valence-corrected chi connectivity index (χ2v) is 13.6. The number of aryl methyl sites for hydroxylation is 3. The molecule has 0 radical (unpaired) electrons. The predicted molar refractivity (Wildman–Crippen MR) is 177 cm³/mol. The van der Waals surface area contributed by atoms with E-state index in [0.29, 0.717) is 19.3 Å². The van der Waals surface area contributed by atoms with E-state index < -0.39 is 16.8 Å². The van der Waals surface area contributed by atoms with Crippen LogP contribution < -0.4 is 14.2 Å². The molecule has 4 rings (SSSR count). The van der Waals surface area contributed by atoms with E-state index in [2.05, 4.69) is 80.5 Å². The van der Waals surface area contributed by atoms with Crippen molar-refractivity contribution >= 4 is 0 Å². The van der Waals surface area contributed by atoms with Crippen LogP contribution in [0.3, 0.4) is 0 Å². The van der Waals surface area contributed by atoms with Crippen LogP contribution >= 0.6 is 0 Å². The van der Waals surface area contributed by atoms with E-state index in [1.165, 1.54) is 0 Å². The Labute approximate surface area is 258 Å². The molecule has 43 heavy (non-hydrogen) atoms. The Morgan fingerprint density at radius 2 is 0.814 bits per heavy atom. The Hall–Kier alpha value is -3.92. The molecule has 0 heterocycles. The first-order valence-electron chi connectivity index (χ1n) is 15.2. The topological polar surface area (TPSA) is 47.9 Å². The van der Waals surface area contributed by atoms with Crippen molar-refractivity contribution < 1.29 is 19.3 Å². The molecule has 0 amide bonds. The minimum Gasteiger partial charge on any atom is -0.508 e. The van der Waals surface area contributed by atoms with Gasteiger partial charge in [0.15, 0.2) is 0 Å². The van der Waals surface area contributed by atoms with Gasteiger partial charge in [0.05, 0.1) is 0 Å². The number of aromatic hydroxyl groups is 1. The number of phenols is 1. The maximum atomic E-state index is 11.4. The molecule has 4 nitrogen and oxygen atoms in total. The molecule has 0 aliphatic carbocycles. The number of phenolic OH excluding ortho intramolecular Hbond substituents is 1. The van der Waals surface area contributed by atoms with Crippen molar-refractivity contribution in [3.05, 3.63) is 118 Å². The first-order chi connectivity index (χ1) is 20.1. The normalized spacial score (nSPS) is 12.2. The number of para-hydroxylation sites is 3. The van der Waals surface area contributed by atoms with E-state index in [0.717, 1.165) is 50.6 Å². The van der Waals surface area contributed by atoms with Crippen molar-refractivity contribution in [3.8, 4) is 23.0 Å². The fourth-order valence-electron chi connectivity index (χ4n) is 5.64. The lowest BCUT2D eigenvalue weighted by Crippen LogP contribution is -2.36. The summed E-state index contributed by atoms with van der Waals surface area (Å²) in [7, 11) is 0. The zero-order chi connectivity index (χ0) is 31.4. The van der Waals surface area contributed by atoms with E-state index in [1.807, 2.05) is 66.7 Å². The van der Waals surface area contributed by atoms with Crippen LogP contribution in [-0.2, 0) is 19.3 Å². The van der Waals surface area contributed by atoms with E-state index >= 15 is 0 Å². The molecule has 0 aromatic heterocycles. The Balaban J connectivity index is 1.73. The Bertz CT molecular complexity index is 1550. The van der Waals surface area contributed by atoms with Gasteiger partial charge in [0, 0.05) is 24.8 Å². The van der Waals surface area contributed by atoms with Gasteiger partial charge in [-0.25, -0.2) is 0 Å². The summed E-state index contributed by atoms with van der Waals surface area (Å²) in [5.74, 6) is 2.86. The fourth-order valence-corrected chi connectivity index (χ4v) is 5.64. The summed E-state index contributed by atoms with van der Waals surface area (Å²) in [6.07, 6.45) is 1.78. The lowest BCUT2D eigenvalue weighted by atomic mass is 9.82. The maximum absolute atomic E-state index is 11.4. The molecular weight excluding hydrogens is 532 g/mol. The summed E-state index contributed by atoms with van der Waals surface area (Å²) in [5.41, 5.74) is 4.72. The van der Waals surface area contributed by atoms with Gasteiger partial charge < -0.3 is 19.3 Å². The van der Waals surface area contributed by atoms with Crippen molar-refractivity contribution in [1.29, 1.82) is 0 Å². The molecule has 0 spiro atoms. The van der Waals surface area contributed by atoms with Crippen molar-refractivity contribution in [3.63, 3.8) is 0 Å². The molecule has 228 valence electrons. The molecule has 0 aliphatic rings. The maximum Gasteiger partial charge on any atom is 0.123 e. The number of rotatable bonds is 12. The highest BCUT2D eigenvalue weighted by Gasteiger charge is 2.32. The van der Waals surface area contributed by atoms with Crippen LogP contribution in [-0.4, -0.2) is 21.9 Å². The molecule has 0 atom stereocenters. The molecule has 4 aromatic rings. The van der Waals surface area contributed by atoms with Crippen LogP contribution in [0.25, 0.3) is 0 Å². The van der Waals surface area contributed by atoms with Crippen LogP contribution in [0.5, 0.6) is 23.0 Å². The number of ether oxygens (including phenoxy) is 3. The molecular formula is C39H48O4. The van der Waals surface area contributed by atoms with Gasteiger partial charge in [-0.3, -0.25) is 0 Å².